The average molecular weight is 634 g/mol. The highest BCUT2D eigenvalue weighted by Crippen LogP contribution is 2.42. The molecule has 236 valence electrons. The molecule has 3 saturated heterocycles. The van der Waals surface area contributed by atoms with E-state index in [2.05, 4.69) is 21.7 Å². The highest BCUT2D eigenvalue weighted by Gasteiger charge is 2.46. The molecule has 10 nitrogen and oxygen atoms in total. The number of hydrogen-bond donors (Lipinski definition) is 2. The predicted octanol–water partition coefficient (Wildman–Crippen LogP) is 5.07. The van der Waals surface area contributed by atoms with Gasteiger partial charge in [0.05, 0.1) is 35.3 Å². The van der Waals surface area contributed by atoms with E-state index in [-0.39, 0.29) is 28.7 Å². The van der Waals surface area contributed by atoms with Crippen molar-refractivity contribution in [1.82, 2.24) is 30.0 Å². The van der Waals surface area contributed by atoms with Crippen molar-refractivity contribution in [3.05, 3.63) is 47.0 Å². The number of piperidine rings is 1. The molecule has 8 heterocycles. The van der Waals surface area contributed by atoms with Crippen LogP contribution in [0.15, 0.2) is 30.6 Å². The van der Waals surface area contributed by atoms with Gasteiger partial charge >= 0.3 is 6.01 Å². The molecule has 1 aromatic carbocycles. The van der Waals surface area contributed by atoms with Gasteiger partial charge in [-0.1, -0.05) is 23.8 Å². The van der Waals surface area contributed by atoms with Crippen molar-refractivity contribution in [2.75, 3.05) is 50.9 Å². The van der Waals surface area contributed by atoms with Crippen LogP contribution in [0.1, 0.15) is 44.1 Å². The molecule has 0 spiro atoms. The summed E-state index contributed by atoms with van der Waals surface area (Å²) in [5.41, 5.74) is 3.48. The number of rotatable bonds is 3. The summed E-state index contributed by atoms with van der Waals surface area (Å²) >= 11 is 6.83. The molecule has 5 aliphatic rings. The Kier molecular flexibility index (Phi) is 7.39. The molecule has 3 fully saturated rings. The maximum atomic E-state index is 17.0. The molecule has 9 rings (SSSR count). The van der Waals surface area contributed by atoms with Gasteiger partial charge in [0, 0.05) is 54.3 Å². The molecule has 45 heavy (non-hydrogen) atoms. The van der Waals surface area contributed by atoms with Crippen molar-refractivity contribution in [2.24, 2.45) is 5.92 Å². The number of hydrogen-bond acceptors (Lipinski definition) is 9. The van der Waals surface area contributed by atoms with Crippen LogP contribution in [0.5, 0.6) is 6.01 Å². The van der Waals surface area contributed by atoms with Gasteiger partial charge in [0.2, 0.25) is 0 Å². The second kappa shape index (κ2) is 11.5. The minimum absolute atomic E-state index is 0.0908. The number of ether oxygens (including phenoxy) is 2. The van der Waals surface area contributed by atoms with E-state index in [4.69, 9.17) is 36.0 Å². The van der Waals surface area contributed by atoms with Crippen LogP contribution >= 0.6 is 11.6 Å². The molecule has 0 radical (unpaired) electrons. The number of anilines is 1. The number of aliphatic hydroxyl groups excluding tert-OH is 1. The zero-order valence-corrected chi connectivity index (χ0v) is 26.0. The van der Waals surface area contributed by atoms with Gasteiger partial charge in [-0.05, 0) is 63.1 Å². The quantitative estimate of drug-likeness (QED) is 0.299. The fourth-order valence-corrected chi connectivity index (χ4v) is 8.29. The monoisotopic (exact) mass is 633 g/mol. The molecule has 0 aliphatic carbocycles. The number of aromatic nitrogens is 5. The smallest absolute Gasteiger partial charge is 0.319 e. The molecule has 4 aromatic rings. The molecule has 12 heteroatoms. The summed E-state index contributed by atoms with van der Waals surface area (Å²) in [7, 11) is 0. The number of benzene rings is 1. The Morgan fingerprint density at radius 1 is 1.20 bits per heavy atom. The summed E-state index contributed by atoms with van der Waals surface area (Å²) in [5.74, 6) is 0.0275. The maximum absolute atomic E-state index is 17.0. The topological polar surface area (TPSA) is 113 Å². The van der Waals surface area contributed by atoms with Crippen molar-refractivity contribution in [1.29, 1.82) is 0 Å². The lowest BCUT2D eigenvalue weighted by atomic mass is 9.94. The molecule has 3 aromatic heterocycles. The lowest BCUT2D eigenvalue weighted by Gasteiger charge is -2.37. The minimum atomic E-state index is -0.573. The third kappa shape index (κ3) is 5.14. The van der Waals surface area contributed by atoms with Gasteiger partial charge in [0.25, 0.3) is 0 Å². The fraction of sp³-hybridized carbons (Fsp3) is 0.515. The Hall–Kier alpha value is -3.38. The van der Waals surface area contributed by atoms with E-state index in [9.17, 15) is 5.11 Å². The Morgan fingerprint density at radius 3 is 3.02 bits per heavy atom. The molecule has 5 aliphatic heterocycles. The lowest BCUT2D eigenvalue weighted by Crippen LogP contribution is -2.45. The average Bonchev–Trinajstić information content (AvgIpc) is 3.71. The number of aliphatic hydroxyl groups is 1. The van der Waals surface area contributed by atoms with E-state index in [1.807, 2.05) is 11.0 Å². The number of nitrogens with zero attached hydrogens (tertiary/aromatic N) is 6. The van der Waals surface area contributed by atoms with E-state index in [1.54, 1.807) is 12.4 Å². The first-order valence-electron chi connectivity index (χ1n) is 15.9. The molecule has 0 saturated carbocycles. The number of H-pyrrole nitrogens is 1. The maximum Gasteiger partial charge on any atom is 0.319 e. The van der Waals surface area contributed by atoms with E-state index < -0.39 is 11.9 Å². The Morgan fingerprint density at radius 2 is 2.11 bits per heavy atom. The normalized spacial score (nSPS) is 25.8. The van der Waals surface area contributed by atoms with Gasteiger partial charge in [-0.15, -0.1) is 0 Å². The Bertz CT molecular complexity index is 1800. The van der Waals surface area contributed by atoms with E-state index in [0.717, 1.165) is 56.1 Å². The first-order chi connectivity index (χ1) is 21.9. The molecular formula is C33H37ClFN7O3. The lowest BCUT2D eigenvalue weighted by molar-refractivity contribution is 0.0564. The van der Waals surface area contributed by atoms with Crippen LogP contribution in [0.4, 0.5) is 10.2 Å². The highest BCUT2D eigenvalue weighted by atomic mass is 35.5. The van der Waals surface area contributed by atoms with Gasteiger partial charge in [0.1, 0.15) is 23.6 Å². The summed E-state index contributed by atoms with van der Waals surface area (Å²) in [6, 6.07) is 1.95. The summed E-state index contributed by atoms with van der Waals surface area (Å²) < 4.78 is 29.5. The molecule has 6 bridgehead atoms. The first-order valence-corrected chi connectivity index (χ1v) is 16.3. The zero-order chi connectivity index (χ0) is 30.7. The van der Waals surface area contributed by atoms with E-state index in [1.165, 1.54) is 5.57 Å². The SMILES string of the molecule is C=C1CN2CCCC2(COc2nc3c4cnc(c(F)c4n2)-c2c(c(Cl)cc4[nH]ncc24)CCCCOC[C@@H]2C[C@H](O)CN3C2)C1. The fourth-order valence-electron chi connectivity index (χ4n) is 7.99. The van der Waals surface area contributed by atoms with Crippen molar-refractivity contribution >= 4 is 39.2 Å². The number of aromatic amines is 1. The van der Waals surface area contributed by atoms with E-state index >= 15 is 4.39 Å². The van der Waals surface area contributed by atoms with Crippen molar-refractivity contribution in [2.45, 2.75) is 56.6 Å². The van der Waals surface area contributed by atoms with Crippen LogP contribution in [0.2, 0.25) is 5.02 Å². The van der Waals surface area contributed by atoms with Crippen LogP contribution < -0.4 is 9.64 Å². The highest BCUT2D eigenvalue weighted by molar-refractivity contribution is 6.33. The van der Waals surface area contributed by atoms with Crippen LogP contribution in [-0.2, 0) is 11.2 Å². The van der Waals surface area contributed by atoms with Gasteiger partial charge in [-0.25, -0.2) is 4.39 Å². The standard InChI is InChI=1S/C33H37ClFN7O3/c1-19-11-33(6-4-7-42(33)14-19)18-45-32-38-29-24-12-36-30(28(29)35)27-22(25(34)10-26-23(27)13-37-40-26)5-2-3-8-44-17-20-9-21(43)16-41(15-20)31(24)39-32/h10,12-13,20-21,43H,1-9,11,14-18H2,(H,37,40)/t20-,21+,33?/m1/s1. The first kappa shape index (κ1) is 29.1. The number of halogens is 2. The van der Waals surface area contributed by atoms with E-state index in [0.29, 0.717) is 73.1 Å². The summed E-state index contributed by atoms with van der Waals surface area (Å²) in [6.07, 6.45) is 8.62. The van der Waals surface area contributed by atoms with Gasteiger partial charge in [-0.3, -0.25) is 15.0 Å². The molecule has 3 atom stereocenters. The largest absolute Gasteiger partial charge is 0.461 e. The van der Waals surface area contributed by atoms with Crippen LogP contribution in [0.25, 0.3) is 33.1 Å². The predicted molar refractivity (Wildman–Crippen MR) is 170 cm³/mol. The number of nitrogens with one attached hydrogen (secondary N) is 1. The third-order valence-corrected chi connectivity index (χ3v) is 10.4. The second-order valence-electron chi connectivity index (χ2n) is 13.2. The van der Waals surface area contributed by atoms with Gasteiger partial charge in [-0.2, -0.15) is 15.1 Å². The Labute approximate surface area is 265 Å². The minimum Gasteiger partial charge on any atom is -0.461 e. The number of pyridine rings is 1. The Balaban J connectivity index is 1.29. The summed E-state index contributed by atoms with van der Waals surface area (Å²) in [5, 5.41) is 19.8. The van der Waals surface area contributed by atoms with Gasteiger partial charge in [0.15, 0.2) is 5.82 Å². The van der Waals surface area contributed by atoms with Crippen LogP contribution in [-0.4, -0.2) is 92.8 Å². The molecule has 0 amide bonds. The van der Waals surface area contributed by atoms with Crippen molar-refractivity contribution < 1.29 is 19.0 Å². The van der Waals surface area contributed by atoms with Crippen LogP contribution in [0.3, 0.4) is 0 Å². The summed E-state index contributed by atoms with van der Waals surface area (Å²) in [4.78, 5) is 18.7. The molecule has 1 unspecified atom stereocenters. The zero-order valence-electron chi connectivity index (χ0n) is 25.2. The molecule has 2 N–H and O–H groups in total. The van der Waals surface area contributed by atoms with Crippen LogP contribution in [0, 0.1) is 11.7 Å². The summed E-state index contributed by atoms with van der Waals surface area (Å²) in [6.45, 7) is 8.59. The van der Waals surface area contributed by atoms with Crippen molar-refractivity contribution in [3.63, 3.8) is 0 Å². The third-order valence-electron chi connectivity index (χ3n) is 10.0. The van der Waals surface area contributed by atoms with Crippen molar-refractivity contribution in [3.8, 4) is 17.3 Å². The van der Waals surface area contributed by atoms with Gasteiger partial charge < -0.3 is 19.5 Å². The molecular weight excluding hydrogens is 597 g/mol. The second-order valence-corrected chi connectivity index (χ2v) is 13.6. The number of fused-ring (bicyclic) bond motifs is 8.